The molecule has 0 N–H and O–H groups in total. The lowest BCUT2D eigenvalue weighted by Crippen LogP contribution is -2.16. The molecule has 0 fully saturated rings. The zero-order valence-electron chi connectivity index (χ0n) is 23.7. The van der Waals surface area contributed by atoms with Gasteiger partial charge in [-0.15, -0.1) is 0 Å². The lowest BCUT2D eigenvalue weighted by atomic mass is 9.78. The summed E-state index contributed by atoms with van der Waals surface area (Å²) in [6.07, 6.45) is 0. The largest absolute Gasteiger partial charge is 0.0610 e. The van der Waals surface area contributed by atoms with Crippen molar-refractivity contribution < 1.29 is 0 Å². The standard InChI is InChI=1S/C34H45/c1-31(2,3)27-17-25(18-28(21-27)32(4,5)6)23-14-13-15-24(16-23)26-19-29(33(7,8)9)22-30(20-26)34(10,11)12/h13-15,17-22H,1-12H3. The van der Waals surface area contributed by atoms with Crippen LogP contribution in [-0.4, -0.2) is 0 Å². The van der Waals surface area contributed by atoms with Crippen molar-refractivity contribution in [3.05, 3.63) is 82.9 Å². The Morgan fingerprint density at radius 1 is 0.412 bits per heavy atom. The van der Waals surface area contributed by atoms with Gasteiger partial charge in [0.15, 0.2) is 0 Å². The minimum Gasteiger partial charge on any atom is -0.0610 e. The van der Waals surface area contributed by atoms with Crippen molar-refractivity contribution in [3.63, 3.8) is 0 Å². The van der Waals surface area contributed by atoms with Crippen LogP contribution in [0.3, 0.4) is 0 Å². The molecule has 0 nitrogen and oxygen atoms in total. The Morgan fingerprint density at radius 2 is 0.676 bits per heavy atom. The molecule has 0 heteroatoms. The molecule has 3 aromatic carbocycles. The SMILES string of the molecule is CC(C)(C)c1cc(-c2[c]c(-c3cc(C(C)(C)C)cc(C(C)(C)C)c3)ccc2)cc(C(C)(C)C)c1. The van der Waals surface area contributed by atoms with Crippen LogP contribution in [0.25, 0.3) is 22.3 Å². The van der Waals surface area contributed by atoms with Gasteiger partial charge in [-0.1, -0.05) is 138 Å². The van der Waals surface area contributed by atoms with E-state index in [2.05, 4.69) is 144 Å². The molecule has 0 saturated carbocycles. The third-order valence-electron chi connectivity index (χ3n) is 6.75. The van der Waals surface area contributed by atoms with Gasteiger partial charge in [-0.25, -0.2) is 0 Å². The first-order chi connectivity index (χ1) is 15.4. The second-order valence-corrected chi connectivity index (χ2v) is 14.1. The predicted molar refractivity (Wildman–Crippen MR) is 151 cm³/mol. The van der Waals surface area contributed by atoms with Crippen molar-refractivity contribution in [1.29, 1.82) is 0 Å². The lowest BCUT2D eigenvalue weighted by molar-refractivity contribution is 0.568. The fourth-order valence-corrected chi connectivity index (χ4v) is 4.10. The number of hydrogen-bond donors (Lipinski definition) is 0. The Bertz CT molecular complexity index is 1010. The van der Waals surface area contributed by atoms with E-state index in [1.807, 2.05) is 0 Å². The fraction of sp³-hybridized carbons (Fsp3) is 0.471. The van der Waals surface area contributed by atoms with Crippen LogP contribution in [0.4, 0.5) is 0 Å². The van der Waals surface area contributed by atoms with E-state index in [0.29, 0.717) is 0 Å². The Hall–Kier alpha value is -2.34. The van der Waals surface area contributed by atoms with E-state index in [1.165, 1.54) is 33.4 Å². The summed E-state index contributed by atoms with van der Waals surface area (Å²) < 4.78 is 0. The summed E-state index contributed by atoms with van der Waals surface area (Å²) in [5.41, 5.74) is 10.7. The first-order valence-electron chi connectivity index (χ1n) is 12.7. The predicted octanol–water partition coefficient (Wildman–Crippen LogP) is 10.0. The Kier molecular flexibility index (Phi) is 6.73. The van der Waals surface area contributed by atoms with Crippen LogP contribution in [0.1, 0.15) is 105 Å². The molecule has 0 unspecified atom stereocenters. The zero-order valence-corrected chi connectivity index (χ0v) is 23.7. The second-order valence-electron chi connectivity index (χ2n) is 14.1. The summed E-state index contributed by atoms with van der Waals surface area (Å²) in [5.74, 6) is 0. The van der Waals surface area contributed by atoms with Gasteiger partial charge in [0.25, 0.3) is 0 Å². The number of benzene rings is 3. The average molecular weight is 454 g/mol. The smallest absolute Gasteiger partial charge is 0.00143 e. The first kappa shape index (κ1) is 26.3. The maximum atomic E-state index is 3.79. The molecule has 0 aromatic heterocycles. The van der Waals surface area contributed by atoms with E-state index in [4.69, 9.17) is 0 Å². The quantitative estimate of drug-likeness (QED) is 0.362. The van der Waals surface area contributed by atoms with E-state index < -0.39 is 0 Å². The fourth-order valence-electron chi connectivity index (χ4n) is 4.10. The van der Waals surface area contributed by atoms with Crippen LogP contribution in [0.2, 0.25) is 0 Å². The third-order valence-corrected chi connectivity index (χ3v) is 6.75. The minimum atomic E-state index is 0.0935. The molecular formula is C34H45. The molecule has 0 spiro atoms. The second kappa shape index (κ2) is 8.71. The van der Waals surface area contributed by atoms with Gasteiger partial charge in [-0.05, 0) is 72.2 Å². The highest BCUT2D eigenvalue weighted by Crippen LogP contribution is 2.37. The molecule has 181 valence electrons. The maximum Gasteiger partial charge on any atom is -0.00143 e. The highest BCUT2D eigenvalue weighted by atomic mass is 14.3. The van der Waals surface area contributed by atoms with Crippen molar-refractivity contribution in [2.75, 3.05) is 0 Å². The van der Waals surface area contributed by atoms with Crippen LogP contribution in [0.15, 0.2) is 54.6 Å². The van der Waals surface area contributed by atoms with Crippen LogP contribution < -0.4 is 0 Å². The van der Waals surface area contributed by atoms with Crippen LogP contribution in [0.5, 0.6) is 0 Å². The molecule has 0 aliphatic rings. The Morgan fingerprint density at radius 3 is 0.912 bits per heavy atom. The summed E-state index contributed by atoms with van der Waals surface area (Å²) in [7, 11) is 0. The van der Waals surface area contributed by atoms with Crippen LogP contribution in [-0.2, 0) is 21.7 Å². The molecule has 0 aliphatic carbocycles. The molecule has 0 heterocycles. The van der Waals surface area contributed by atoms with E-state index >= 15 is 0 Å². The summed E-state index contributed by atoms with van der Waals surface area (Å²) in [6.45, 7) is 27.6. The van der Waals surface area contributed by atoms with E-state index in [0.717, 1.165) is 11.1 Å². The summed E-state index contributed by atoms with van der Waals surface area (Å²) in [6, 6.07) is 24.6. The molecule has 3 rings (SSSR count). The van der Waals surface area contributed by atoms with Crippen molar-refractivity contribution in [3.8, 4) is 22.3 Å². The zero-order chi connectivity index (χ0) is 25.7. The van der Waals surface area contributed by atoms with E-state index in [1.54, 1.807) is 0 Å². The van der Waals surface area contributed by atoms with Crippen LogP contribution in [0, 0.1) is 6.07 Å². The van der Waals surface area contributed by atoms with Gasteiger partial charge < -0.3 is 0 Å². The van der Waals surface area contributed by atoms with Crippen molar-refractivity contribution in [1.82, 2.24) is 0 Å². The van der Waals surface area contributed by atoms with Gasteiger partial charge in [0.05, 0.1) is 0 Å². The summed E-state index contributed by atoms with van der Waals surface area (Å²) in [5, 5.41) is 0. The van der Waals surface area contributed by atoms with E-state index in [9.17, 15) is 0 Å². The van der Waals surface area contributed by atoms with Gasteiger partial charge in [0.2, 0.25) is 0 Å². The molecule has 0 aliphatic heterocycles. The Balaban J connectivity index is 2.21. The molecule has 34 heavy (non-hydrogen) atoms. The number of rotatable bonds is 2. The maximum absolute atomic E-state index is 3.79. The molecule has 0 amide bonds. The van der Waals surface area contributed by atoms with Gasteiger partial charge in [-0.2, -0.15) is 0 Å². The molecule has 0 saturated heterocycles. The topological polar surface area (TPSA) is 0 Å². The van der Waals surface area contributed by atoms with Crippen molar-refractivity contribution >= 4 is 0 Å². The molecule has 1 radical (unpaired) electrons. The van der Waals surface area contributed by atoms with E-state index in [-0.39, 0.29) is 21.7 Å². The van der Waals surface area contributed by atoms with Gasteiger partial charge >= 0.3 is 0 Å². The summed E-state index contributed by atoms with van der Waals surface area (Å²) in [4.78, 5) is 0. The van der Waals surface area contributed by atoms with Gasteiger partial charge in [0, 0.05) is 0 Å². The molecular weight excluding hydrogens is 408 g/mol. The monoisotopic (exact) mass is 453 g/mol. The Labute approximate surface area is 209 Å². The first-order valence-corrected chi connectivity index (χ1v) is 12.7. The average Bonchev–Trinajstić information content (AvgIpc) is 2.70. The highest BCUT2D eigenvalue weighted by molar-refractivity contribution is 5.74. The van der Waals surface area contributed by atoms with Crippen molar-refractivity contribution in [2.24, 2.45) is 0 Å². The number of hydrogen-bond acceptors (Lipinski definition) is 0. The highest BCUT2D eigenvalue weighted by Gasteiger charge is 2.23. The lowest BCUT2D eigenvalue weighted by Gasteiger charge is -2.27. The molecule has 3 aromatic rings. The summed E-state index contributed by atoms with van der Waals surface area (Å²) >= 11 is 0. The molecule has 0 atom stereocenters. The minimum absolute atomic E-state index is 0.0935. The van der Waals surface area contributed by atoms with Crippen molar-refractivity contribution in [2.45, 2.75) is 105 Å². The normalized spacial score (nSPS) is 13.3. The van der Waals surface area contributed by atoms with Crippen LogP contribution >= 0.6 is 0 Å². The molecule has 0 bridgehead atoms. The third kappa shape index (κ3) is 6.01. The van der Waals surface area contributed by atoms with Gasteiger partial charge in [0.1, 0.15) is 0 Å². The van der Waals surface area contributed by atoms with Gasteiger partial charge in [-0.3, -0.25) is 0 Å².